The number of hydrogen-bond donors (Lipinski definition) is 1. The maximum Gasteiger partial charge on any atom is 0.126 e. The number of hydrogen-bond acceptors (Lipinski definition) is 2. The van der Waals surface area contributed by atoms with Crippen molar-refractivity contribution in [3.05, 3.63) is 46.5 Å². The first-order chi connectivity index (χ1) is 8.52. The van der Waals surface area contributed by atoms with Gasteiger partial charge in [-0.25, -0.2) is 9.07 Å². The van der Waals surface area contributed by atoms with Gasteiger partial charge < -0.3 is 5.32 Å². The van der Waals surface area contributed by atoms with Gasteiger partial charge in [0.15, 0.2) is 0 Å². The minimum atomic E-state index is -0.214. The van der Waals surface area contributed by atoms with Crippen molar-refractivity contribution in [3.8, 4) is 5.69 Å². The first kappa shape index (κ1) is 13.1. The van der Waals surface area contributed by atoms with E-state index in [9.17, 15) is 4.39 Å². The van der Waals surface area contributed by atoms with E-state index < -0.39 is 0 Å². The Hall–Kier alpha value is -1.39. The van der Waals surface area contributed by atoms with Crippen LogP contribution >= 0.6 is 11.6 Å². The van der Waals surface area contributed by atoms with E-state index in [0.29, 0.717) is 10.6 Å². The van der Waals surface area contributed by atoms with Crippen LogP contribution in [-0.2, 0) is 0 Å². The van der Waals surface area contributed by atoms with E-state index in [2.05, 4.69) is 10.4 Å². The third-order valence-corrected chi connectivity index (χ3v) is 3.20. The van der Waals surface area contributed by atoms with E-state index in [0.717, 1.165) is 11.3 Å². The molecule has 1 aromatic carbocycles. The summed E-state index contributed by atoms with van der Waals surface area (Å²) in [5.74, 6) is -0.214. The predicted molar refractivity (Wildman–Crippen MR) is 70.7 cm³/mol. The Morgan fingerprint density at radius 2 is 2.17 bits per heavy atom. The van der Waals surface area contributed by atoms with Gasteiger partial charge in [-0.2, -0.15) is 5.10 Å². The number of benzene rings is 1. The largest absolute Gasteiger partial charge is 0.313 e. The highest BCUT2D eigenvalue weighted by molar-refractivity contribution is 6.30. The highest BCUT2D eigenvalue weighted by Crippen LogP contribution is 2.25. The average Bonchev–Trinajstić information content (AvgIpc) is 2.77. The normalized spacial score (nSPS) is 12.7. The molecule has 3 nitrogen and oxygen atoms in total. The number of nitrogens with zero attached hydrogens (tertiary/aromatic N) is 2. The van der Waals surface area contributed by atoms with E-state index in [1.54, 1.807) is 36.1 Å². The van der Waals surface area contributed by atoms with Crippen LogP contribution in [0.1, 0.15) is 24.1 Å². The van der Waals surface area contributed by atoms with Gasteiger partial charge in [-0.15, -0.1) is 0 Å². The van der Waals surface area contributed by atoms with Crippen molar-refractivity contribution in [2.24, 2.45) is 0 Å². The fourth-order valence-electron chi connectivity index (χ4n) is 1.81. The topological polar surface area (TPSA) is 29.9 Å². The molecule has 0 bridgehead atoms. The monoisotopic (exact) mass is 267 g/mol. The summed E-state index contributed by atoms with van der Waals surface area (Å²) >= 11 is 5.87. The minimum absolute atomic E-state index is 0.0260. The van der Waals surface area contributed by atoms with Crippen LogP contribution in [0.3, 0.4) is 0 Å². The lowest BCUT2D eigenvalue weighted by Crippen LogP contribution is -2.16. The van der Waals surface area contributed by atoms with Gasteiger partial charge in [-0.05, 0) is 44.2 Å². The van der Waals surface area contributed by atoms with Crippen molar-refractivity contribution in [2.45, 2.75) is 19.9 Å². The van der Waals surface area contributed by atoms with Gasteiger partial charge in [0.1, 0.15) is 5.82 Å². The molecule has 1 atom stereocenters. The molecule has 18 heavy (non-hydrogen) atoms. The fourth-order valence-corrected chi connectivity index (χ4v) is 1.95. The van der Waals surface area contributed by atoms with Crippen molar-refractivity contribution in [3.63, 3.8) is 0 Å². The third-order valence-electron chi connectivity index (χ3n) is 3.01. The molecule has 0 saturated heterocycles. The van der Waals surface area contributed by atoms with Gasteiger partial charge in [0, 0.05) is 12.2 Å². The molecule has 1 unspecified atom stereocenters. The number of aromatic nitrogens is 2. The lowest BCUT2D eigenvalue weighted by Gasteiger charge is -2.17. The molecule has 0 fully saturated rings. The summed E-state index contributed by atoms with van der Waals surface area (Å²) in [5.41, 5.74) is 2.27. The minimum Gasteiger partial charge on any atom is -0.313 e. The van der Waals surface area contributed by atoms with Crippen molar-refractivity contribution in [2.75, 3.05) is 7.05 Å². The number of aryl methyl sites for hydroxylation is 1. The van der Waals surface area contributed by atoms with Gasteiger partial charge in [0.05, 0.1) is 16.9 Å². The first-order valence-electron chi connectivity index (χ1n) is 5.70. The Labute approximate surface area is 111 Å². The fraction of sp³-hybridized carbons (Fsp3) is 0.308. The summed E-state index contributed by atoms with van der Waals surface area (Å²) in [5, 5.41) is 7.83. The SMILES string of the molecule is CNC(C)c1cc(F)c(C)cc1-n1cc(Cl)cn1. The molecule has 0 saturated carbocycles. The second kappa shape index (κ2) is 5.08. The second-order valence-corrected chi connectivity index (χ2v) is 4.71. The molecule has 0 aliphatic heterocycles. The van der Waals surface area contributed by atoms with Crippen LogP contribution in [0.4, 0.5) is 4.39 Å². The first-order valence-corrected chi connectivity index (χ1v) is 6.08. The maximum absolute atomic E-state index is 13.7. The van der Waals surface area contributed by atoms with Crippen LogP contribution in [-0.4, -0.2) is 16.8 Å². The summed E-state index contributed by atoms with van der Waals surface area (Å²) in [6, 6.07) is 3.35. The molecule has 0 spiro atoms. The molecular formula is C13H15ClFN3. The molecule has 1 N–H and O–H groups in total. The zero-order valence-electron chi connectivity index (χ0n) is 10.5. The highest BCUT2D eigenvalue weighted by atomic mass is 35.5. The van der Waals surface area contributed by atoms with Gasteiger partial charge in [0.25, 0.3) is 0 Å². The molecule has 1 heterocycles. The molecule has 5 heteroatoms. The lowest BCUT2D eigenvalue weighted by molar-refractivity contribution is 0.597. The summed E-state index contributed by atoms with van der Waals surface area (Å²) in [6.45, 7) is 3.70. The van der Waals surface area contributed by atoms with Crippen LogP contribution < -0.4 is 5.32 Å². The van der Waals surface area contributed by atoms with E-state index in [1.807, 2.05) is 14.0 Å². The Kier molecular flexibility index (Phi) is 3.68. The lowest BCUT2D eigenvalue weighted by atomic mass is 10.0. The van der Waals surface area contributed by atoms with E-state index in [4.69, 9.17) is 11.6 Å². The molecule has 1 aromatic heterocycles. The molecule has 2 aromatic rings. The molecule has 0 radical (unpaired) electrons. The molecule has 0 aliphatic carbocycles. The number of nitrogens with one attached hydrogen (secondary N) is 1. The Bertz CT molecular complexity index is 565. The predicted octanol–water partition coefficient (Wildman–Crippen LogP) is 3.25. The summed E-state index contributed by atoms with van der Waals surface area (Å²) in [6.07, 6.45) is 3.27. The highest BCUT2D eigenvalue weighted by Gasteiger charge is 2.14. The quantitative estimate of drug-likeness (QED) is 0.925. The van der Waals surface area contributed by atoms with Gasteiger partial charge in [-0.1, -0.05) is 11.6 Å². The zero-order chi connectivity index (χ0) is 13.3. The Morgan fingerprint density at radius 3 is 2.72 bits per heavy atom. The number of halogens is 2. The van der Waals surface area contributed by atoms with Crippen LogP contribution in [0.2, 0.25) is 5.02 Å². The maximum atomic E-state index is 13.7. The number of rotatable bonds is 3. The van der Waals surface area contributed by atoms with E-state index >= 15 is 0 Å². The molecule has 0 amide bonds. The van der Waals surface area contributed by atoms with Crippen LogP contribution in [0.15, 0.2) is 24.5 Å². The average molecular weight is 268 g/mol. The summed E-state index contributed by atoms with van der Waals surface area (Å²) < 4.78 is 15.4. The molecular weight excluding hydrogens is 253 g/mol. The van der Waals surface area contributed by atoms with Crippen LogP contribution in [0, 0.1) is 12.7 Å². The van der Waals surface area contributed by atoms with Gasteiger partial charge in [0.2, 0.25) is 0 Å². The van der Waals surface area contributed by atoms with Crippen molar-refractivity contribution < 1.29 is 4.39 Å². The summed E-state index contributed by atoms with van der Waals surface area (Å²) in [7, 11) is 1.84. The Balaban J connectivity index is 2.60. The van der Waals surface area contributed by atoms with Gasteiger partial charge >= 0.3 is 0 Å². The van der Waals surface area contributed by atoms with E-state index in [1.165, 1.54) is 0 Å². The zero-order valence-corrected chi connectivity index (χ0v) is 11.3. The second-order valence-electron chi connectivity index (χ2n) is 4.27. The van der Waals surface area contributed by atoms with Crippen molar-refractivity contribution in [1.29, 1.82) is 0 Å². The van der Waals surface area contributed by atoms with Gasteiger partial charge in [-0.3, -0.25) is 0 Å². The summed E-state index contributed by atoms with van der Waals surface area (Å²) in [4.78, 5) is 0. The van der Waals surface area contributed by atoms with Crippen molar-refractivity contribution >= 4 is 11.6 Å². The van der Waals surface area contributed by atoms with E-state index in [-0.39, 0.29) is 11.9 Å². The van der Waals surface area contributed by atoms with Crippen molar-refractivity contribution in [1.82, 2.24) is 15.1 Å². The molecule has 96 valence electrons. The molecule has 2 rings (SSSR count). The van der Waals surface area contributed by atoms with Crippen LogP contribution in [0.25, 0.3) is 5.69 Å². The third kappa shape index (κ3) is 2.40. The Morgan fingerprint density at radius 1 is 1.44 bits per heavy atom. The van der Waals surface area contributed by atoms with Crippen LogP contribution in [0.5, 0.6) is 0 Å². The standard InChI is InChI=1S/C13H15ClFN3/c1-8-4-13(18-7-10(14)6-17-18)11(5-12(8)15)9(2)16-3/h4-7,9,16H,1-3H3. The smallest absolute Gasteiger partial charge is 0.126 e. The molecule has 0 aliphatic rings.